The third-order valence-corrected chi connectivity index (χ3v) is 3.14. The molecule has 0 bridgehead atoms. The predicted octanol–water partition coefficient (Wildman–Crippen LogP) is 4.43. The Morgan fingerprint density at radius 1 is 1.21 bits per heavy atom. The van der Waals surface area contributed by atoms with Crippen molar-refractivity contribution >= 4 is 17.8 Å². The zero-order chi connectivity index (χ0) is 18.7. The summed E-state index contributed by atoms with van der Waals surface area (Å²) in [6, 6.07) is 2.90. The molecule has 0 saturated heterocycles. The van der Waals surface area contributed by atoms with E-state index in [1.807, 2.05) is 0 Å². The number of hydrogen-bond acceptors (Lipinski definition) is 4. The molecule has 1 rings (SSSR count). The van der Waals surface area contributed by atoms with Crippen LogP contribution >= 0.6 is 0 Å². The van der Waals surface area contributed by atoms with Gasteiger partial charge in [-0.1, -0.05) is 13.8 Å². The number of rotatable bonds is 3. The monoisotopic (exact) mass is 345 g/mol. The van der Waals surface area contributed by atoms with Gasteiger partial charge in [-0.2, -0.15) is 13.2 Å². The number of aliphatic imine (C=N–C) groups is 1. The molecule has 0 aliphatic carbocycles. The number of methoxy groups -OCH3 is 1. The van der Waals surface area contributed by atoms with Gasteiger partial charge >= 0.3 is 18.2 Å². The highest BCUT2D eigenvalue weighted by atomic mass is 19.4. The largest absolute Gasteiger partial charge is 0.469 e. The van der Waals surface area contributed by atoms with Crippen molar-refractivity contribution < 1.29 is 32.2 Å². The summed E-state index contributed by atoms with van der Waals surface area (Å²) in [4.78, 5) is 25.4. The molecule has 1 amide bonds. The summed E-state index contributed by atoms with van der Waals surface area (Å²) in [6.07, 6.45) is -6.40. The van der Waals surface area contributed by atoms with E-state index in [4.69, 9.17) is 4.74 Å². The summed E-state index contributed by atoms with van der Waals surface area (Å²) in [5.41, 5.74) is 1.09. The number of halogens is 3. The van der Waals surface area contributed by atoms with Crippen LogP contribution in [0.5, 0.6) is 5.75 Å². The van der Waals surface area contributed by atoms with Gasteiger partial charge in [-0.25, -0.2) is 4.79 Å². The molecule has 0 heterocycles. The minimum atomic E-state index is -4.98. The van der Waals surface area contributed by atoms with Crippen molar-refractivity contribution in [2.45, 2.75) is 39.8 Å². The SMILES string of the molecule is COC(=O)/N=C(/Oc1c(C)cc(C(C)=O)cc1C(C)C)C(F)(F)F. The second-order valence-corrected chi connectivity index (χ2v) is 5.41. The topological polar surface area (TPSA) is 65.0 Å². The second-order valence-electron chi connectivity index (χ2n) is 5.41. The highest BCUT2D eigenvalue weighted by Gasteiger charge is 2.40. The zero-order valence-electron chi connectivity index (χ0n) is 13.9. The molecule has 0 unspecified atom stereocenters. The fourth-order valence-corrected chi connectivity index (χ4v) is 1.94. The third-order valence-electron chi connectivity index (χ3n) is 3.14. The number of ether oxygens (including phenoxy) is 2. The number of nitrogens with zero attached hydrogens (tertiary/aromatic N) is 1. The van der Waals surface area contributed by atoms with Crippen LogP contribution in [0.15, 0.2) is 17.1 Å². The number of carbonyl (C=O) groups is 2. The van der Waals surface area contributed by atoms with Gasteiger partial charge in [0, 0.05) is 5.56 Å². The van der Waals surface area contributed by atoms with Gasteiger partial charge in [0.15, 0.2) is 5.78 Å². The standard InChI is InChI=1S/C16H18F3NO4/c1-8(2)12-7-11(10(4)21)6-9(3)13(12)24-14(16(17,18)19)20-15(22)23-5/h6-8H,1-5H3/b20-14+. The van der Waals surface area contributed by atoms with Crippen molar-refractivity contribution in [3.63, 3.8) is 0 Å². The molecule has 0 N–H and O–H groups in total. The van der Waals surface area contributed by atoms with Crippen molar-refractivity contribution in [2.24, 2.45) is 4.99 Å². The van der Waals surface area contributed by atoms with Gasteiger partial charge in [-0.15, -0.1) is 4.99 Å². The molecular weight excluding hydrogens is 327 g/mol. The quantitative estimate of drug-likeness (QED) is 0.462. The van der Waals surface area contributed by atoms with Gasteiger partial charge in [0.2, 0.25) is 0 Å². The van der Waals surface area contributed by atoms with Crippen LogP contribution in [0, 0.1) is 6.92 Å². The molecule has 0 aliphatic heterocycles. The minimum absolute atomic E-state index is 0.0880. The normalized spacial score (nSPS) is 12.3. The van der Waals surface area contributed by atoms with Crippen LogP contribution in [0.1, 0.15) is 48.2 Å². The Balaban J connectivity index is 3.46. The van der Waals surface area contributed by atoms with E-state index in [0.29, 0.717) is 16.7 Å². The first-order valence-corrected chi connectivity index (χ1v) is 7.04. The van der Waals surface area contributed by atoms with Crippen LogP contribution in [0.2, 0.25) is 0 Å². The number of carbonyl (C=O) groups excluding carboxylic acids is 2. The summed E-state index contributed by atoms with van der Waals surface area (Å²) in [7, 11) is 0.909. The Bertz CT molecular complexity index is 679. The Labute approximate surface area is 137 Å². The minimum Gasteiger partial charge on any atom is -0.451 e. The lowest BCUT2D eigenvalue weighted by Gasteiger charge is -2.19. The average molecular weight is 345 g/mol. The van der Waals surface area contributed by atoms with Crippen molar-refractivity contribution in [3.8, 4) is 5.75 Å². The Morgan fingerprint density at radius 3 is 2.21 bits per heavy atom. The number of hydrogen-bond donors (Lipinski definition) is 0. The van der Waals surface area contributed by atoms with E-state index in [-0.39, 0.29) is 17.5 Å². The first kappa shape index (κ1) is 19.7. The van der Waals surface area contributed by atoms with E-state index in [2.05, 4.69) is 9.73 Å². The highest BCUT2D eigenvalue weighted by molar-refractivity contribution is 5.96. The molecular formula is C16H18F3NO4. The molecule has 24 heavy (non-hydrogen) atoms. The first-order chi connectivity index (χ1) is 11.0. The summed E-state index contributed by atoms with van der Waals surface area (Å²) in [5.74, 6) is -2.25. The molecule has 5 nitrogen and oxygen atoms in total. The van der Waals surface area contributed by atoms with Gasteiger partial charge in [0.25, 0.3) is 0 Å². The number of ketones is 1. The maximum absolute atomic E-state index is 13.1. The van der Waals surface area contributed by atoms with Crippen LogP contribution in [0.25, 0.3) is 0 Å². The molecule has 0 aliphatic rings. The third kappa shape index (κ3) is 4.81. The lowest BCUT2D eigenvalue weighted by Crippen LogP contribution is -2.30. The van der Waals surface area contributed by atoms with E-state index >= 15 is 0 Å². The summed E-state index contributed by atoms with van der Waals surface area (Å²) in [5, 5.41) is 0. The molecule has 1 aromatic carbocycles. The highest BCUT2D eigenvalue weighted by Crippen LogP contribution is 2.33. The first-order valence-electron chi connectivity index (χ1n) is 7.04. The number of amides is 1. The average Bonchev–Trinajstić information content (AvgIpc) is 2.46. The summed E-state index contributed by atoms with van der Waals surface area (Å²) < 4.78 is 48.2. The number of alkyl halides is 3. The molecule has 1 aromatic rings. The van der Waals surface area contributed by atoms with E-state index in [9.17, 15) is 22.8 Å². The fourth-order valence-electron chi connectivity index (χ4n) is 1.94. The predicted molar refractivity (Wildman–Crippen MR) is 81.8 cm³/mol. The Kier molecular flexibility index (Phi) is 6.11. The van der Waals surface area contributed by atoms with Crippen molar-refractivity contribution in [3.05, 3.63) is 28.8 Å². The number of Topliss-reactive ketones (excluding diaryl/α,β-unsaturated/α-hetero) is 1. The van der Waals surface area contributed by atoms with Gasteiger partial charge < -0.3 is 9.47 Å². The maximum Gasteiger partial charge on any atom is 0.469 e. The van der Waals surface area contributed by atoms with E-state index in [0.717, 1.165) is 7.11 Å². The zero-order valence-corrected chi connectivity index (χ0v) is 13.9. The molecule has 0 fully saturated rings. The molecule has 0 aromatic heterocycles. The van der Waals surface area contributed by atoms with Gasteiger partial charge in [0.05, 0.1) is 7.11 Å². The summed E-state index contributed by atoms with van der Waals surface area (Å²) in [6.45, 7) is 6.37. The lowest BCUT2D eigenvalue weighted by molar-refractivity contribution is -0.0712. The molecule has 0 spiro atoms. The fraction of sp³-hybridized carbons (Fsp3) is 0.438. The van der Waals surface area contributed by atoms with Crippen molar-refractivity contribution in [1.29, 1.82) is 0 Å². The van der Waals surface area contributed by atoms with Crippen molar-refractivity contribution in [2.75, 3.05) is 7.11 Å². The molecule has 0 atom stereocenters. The molecule has 0 radical (unpaired) electrons. The second kappa shape index (κ2) is 7.46. The summed E-state index contributed by atoms with van der Waals surface area (Å²) >= 11 is 0. The van der Waals surface area contributed by atoms with Gasteiger partial charge in [-0.3, -0.25) is 4.79 Å². The molecule has 8 heteroatoms. The van der Waals surface area contributed by atoms with Crippen LogP contribution in [-0.4, -0.2) is 31.1 Å². The van der Waals surface area contributed by atoms with Gasteiger partial charge in [-0.05, 0) is 43.0 Å². The van der Waals surface area contributed by atoms with E-state index in [1.165, 1.54) is 26.0 Å². The van der Waals surface area contributed by atoms with E-state index < -0.39 is 18.2 Å². The Hall–Kier alpha value is -2.38. The van der Waals surface area contributed by atoms with E-state index in [1.54, 1.807) is 13.8 Å². The lowest BCUT2D eigenvalue weighted by atomic mass is 9.95. The van der Waals surface area contributed by atoms with Crippen molar-refractivity contribution in [1.82, 2.24) is 0 Å². The van der Waals surface area contributed by atoms with Crippen LogP contribution < -0.4 is 4.74 Å². The number of aryl methyl sites for hydroxylation is 1. The molecule has 0 saturated carbocycles. The van der Waals surface area contributed by atoms with Gasteiger partial charge in [0.1, 0.15) is 5.75 Å². The van der Waals surface area contributed by atoms with Crippen LogP contribution in [-0.2, 0) is 4.74 Å². The number of benzene rings is 1. The maximum atomic E-state index is 13.1. The van der Waals surface area contributed by atoms with Crippen LogP contribution in [0.3, 0.4) is 0 Å². The Morgan fingerprint density at radius 2 is 1.79 bits per heavy atom. The molecule has 132 valence electrons. The van der Waals surface area contributed by atoms with Crippen LogP contribution in [0.4, 0.5) is 18.0 Å². The smallest absolute Gasteiger partial charge is 0.451 e.